The maximum absolute atomic E-state index is 12.1. The molecule has 0 aromatic heterocycles. The van der Waals surface area contributed by atoms with Crippen LogP contribution < -0.4 is 16.0 Å². The third-order valence-electron chi connectivity index (χ3n) is 4.15. The Morgan fingerprint density at radius 3 is 2.38 bits per heavy atom. The minimum Gasteiger partial charge on any atom is -0.371 e. The first-order valence-electron chi connectivity index (χ1n) is 8.47. The van der Waals surface area contributed by atoms with E-state index in [0.717, 1.165) is 18.8 Å². The summed E-state index contributed by atoms with van der Waals surface area (Å²) >= 11 is 0. The number of benzene rings is 1. The summed E-state index contributed by atoms with van der Waals surface area (Å²) in [4.78, 5) is 14.6. The van der Waals surface area contributed by atoms with Crippen molar-refractivity contribution in [3.63, 3.8) is 0 Å². The predicted molar refractivity (Wildman–Crippen MR) is 108 cm³/mol. The fourth-order valence-corrected chi connectivity index (χ4v) is 2.96. The quantitative estimate of drug-likeness (QED) is 0.809. The number of amides is 1. The van der Waals surface area contributed by atoms with Crippen LogP contribution >= 0.6 is 24.8 Å². The summed E-state index contributed by atoms with van der Waals surface area (Å²) in [5.74, 6) is 0.325. The molecular formula is C18H31Cl2N3O. The first kappa shape index (κ1) is 23.0. The number of nitrogens with one attached hydrogen (secondary N) is 1. The molecule has 2 rings (SSSR count). The van der Waals surface area contributed by atoms with Gasteiger partial charge in [0.15, 0.2) is 0 Å². The molecule has 0 aliphatic carbocycles. The van der Waals surface area contributed by atoms with Crippen LogP contribution in [0.5, 0.6) is 0 Å². The molecule has 1 atom stereocenters. The highest BCUT2D eigenvalue weighted by Gasteiger charge is 2.16. The summed E-state index contributed by atoms with van der Waals surface area (Å²) in [6, 6.07) is 7.67. The average Bonchev–Trinajstić information content (AvgIpc) is 2.76. The molecule has 0 bridgehead atoms. The highest BCUT2D eigenvalue weighted by Crippen LogP contribution is 2.23. The Hall–Kier alpha value is -0.970. The predicted octanol–water partition coefficient (Wildman–Crippen LogP) is 4.22. The molecule has 0 saturated carbocycles. The SMILES string of the molecule is CC(C)C[C@H](N)C(=O)Nc1cccc(N2CCCCCC2)c1.Cl.Cl. The standard InChI is InChI=1S/C18H29N3O.2ClH/c1-14(2)12-17(19)18(22)20-15-8-7-9-16(13-15)21-10-5-3-4-6-11-21;;/h7-9,13-14,17H,3-6,10-12,19H2,1-2H3,(H,20,22);2*1H/t17-;;/m0../s1. The Morgan fingerprint density at radius 2 is 1.79 bits per heavy atom. The minimum atomic E-state index is -0.443. The lowest BCUT2D eigenvalue weighted by molar-refractivity contribution is -0.117. The average molecular weight is 376 g/mol. The van der Waals surface area contributed by atoms with Crippen molar-refractivity contribution in [1.29, 1.82) is 0 Å². The molecule has 0 unspecified atom stereocenters. The van der Waals surface area contributed by atoms with Gasteiger partial charge in [-0.15, -0.1) is 24.8 Å². The molecule has 0 spiro atoms. The van der Waals surface area contributed by atoms with E-state index in [1.165, 1.54) is 31.4 Å². The van der Waals surface area contributed by atoms with E-state index in [1.54, 1.807) is 0 Å². The van der Waals surface area contributed by atoms with Crippen LogP contribution in [0.25, 0.3) is 0 Å². The fourth-order valence-electron chi connectivity index (χ4n) is 2.96. The number of nitrogens with zero attached hydrogens (tertiary/aromatic N) is 1. The van der Waals surface area contributed by atoms with E-state index >= 15 is 0 Å². The van der Waals surface area contributed by atoms with Gasteiger partial charge in [0.1, 0.15) is 0 Å². The zero-order valence-electron chi connectivity index (χ0n) is 14.7. The van der Waals surface area contributed by atoms with Crippen molar-refractivity contribution >= 4 is 42.1 Å². The molecule has 6 heteroatoms. The van der Waals surface area contributed by atoms with Gasteiger partial charge in [0.05, 0.1) is 6.04 Å². The zero-order chi connectivity index (χ0) is 15.9. The van der Waals surface area contributed by atoms with Crippen molar-refractivity contribution in [3.05, 3.63) is 24.3 Å². The highest BCUT2D eigenvalue weighted by molar-refractivity contribution is 5.95. The molecule has 24 heavy (non-hydrogen) atoms. The smallest absolute Gasteiger partial charge is 0.241 e. The maximum atomic E-state index is 12.1. The van der Waals surface area contributed by atoms with E-state index in [0.29, 0.717) is 12.3 Å². The summed E-state index contributed by atoms with van der Waals surface area (Å²) in [6.07, 6.45) is 5.83. The number of halogens is 2. The van der Waals surface area contributed by atoms with Crippen LogP contribution in [-0.4, -0.2) is 25.0 Å². The van der Waals surface area contributed by atoms with Gasteiger partial charge in [-0.05, 0) is 43.4 Å². The molecule has 138 valence electrons. The molecule has 1 saturated heterocycles. The van der Waals surface area contributed by atoms with Crippen molar-refractivity contribution in [2.45, 2.75) is 52.0 Å². The molecule has 0 radical (unpaired) electrons. The van der Waals surface area contributed by atoms with Crippen molar-refractivity contribution in [3.8, 4) is 0 Å². The molecule has 1 heterocycles. The number of hydrogen-bond donors (Lipinski definition) is 2. The van der Waals surface area contributed by atoms with Crippen LogP contribution in [0.15, 0.2) is 24.3 Å². The Morgan fingerprint density at radius 1 is 1.17 bits per heavy atom. The molecule has 1 aromatic rings. The molecule has 1 amide bonds. The third kappa shape index (κ3) is 7.29. The number of carbonyl (C=O) groups excluding carboxylic acids is 1. The lowest BCUT2D eigenvalue weighted by atomic mass is 10.0. The normalized spacial score (nSPS) is 15.8. The van der Waals surface area contributed by atoms with E-state index < -0.39 is 6.04 Å². The van der Waals surface area contributed by atoms with Gasteiger partial charge in [0.2, 0.25) is 5.91 Å². The summed E-state index contributed by atoms with van der Waals surface area (Å²) in [7, 11) is 0. The van der Waals surface area contributed by atoms with E-state index in [4.69, 9.17) is 5.73 Å². The van der Waals surface area contributed by atoms with Crippen molar-refractivity contribution < 1.29 is 4.79 Å². The van der Waals surface area contributed by atoms with Crippen LogP contribution in [0.4, 0.5) is 11.4 Å². The van der Waals surface area contributed by atoms with Crippen LogP contribution in [0, 0.1) is 5.92 Å². The molecule has 1 fully saturated rings. The minimum absolute atomic E-state index is 0. The van der Waals surface area contributed by atoms with Gasteiger partial charge in [-0.3, -0.25) is 4.79 Å². The third-order valence-corrected chi connectivity index (χ3v) is 4.15. The van der Waals surface area contributed by atoms with Crippen LogP contribution in [-0.2, 0) is 4.79 Å². The number of anilines is 2. The first-order chi connectivity index (χ1) is 10.6. The topological polar surface area (TPSA) is 58.4 Å². The summed E-state index contributed by atoms with van der Waals surface area (Å²) in [5.41, 5.74) is 7.98. The van der Waals surface area contributed by atoms with Gasteiger partial charge in [-0.2, -0.15) is 0 Å². The maximum Gasteiger partial charge on any atom is 0.241 e. The molecule has 3 N–H and O–H groups in total. The molecule has 4 nitrogen and oxygen atoms in total. The number of rotatable bonds is 5. The van der Waals surface area contributed by atoms with Gasteiger partial charge in [-0.25, -0.2) is 0 Å². The Bertz CT molecular complexity index is 489. The van der Waals surface area contributed by atoms with Crippen LogP contribution in [0.3, 0.4) is 0 Å². The summed E-state index contributed by atoms with van der Waals surface area (Å²) in [5, 5.41) is 2.95. The lowest BCUT2D eigenvalue weighted by Crippen LogP contribution is -2.36. The zero-order valence-corrected chi connectivity index (χ0v) is 16.3. The monoisotopic (exact) mass is 375 g/mol. The van der Waals surface area contributed by atoms with E-state index in [2.05, 4.69) is 36.2 Å². The second-order valence-corrected chi connectivity index (χ2v) is 6.68. The first-order valence-corrected chi connectivity index (χ1v) is 8.47. The molecule has 1 aliphatic rings. The molecule has 1 aromatic carbocycles. The Labute approximate surface area is 158 Å². The Kier molecular flexibility index (Phi) is 11.1. The van der Waals surface area contributed by atoms with Crippen molar-refractivity contribution in [2.24, 2.45) is 11.7 Å². The summed E-state index contributed by atoms with van der Waals surface area (Å²) in [6.45, 7) is 6.36. The van der Waals surface area contributed by atoms with Gasteiger partial charge >= 0.3 is 0 Å². The van der Waals surface area contributed by atoms with Crippen molar-refractivity contribution in [1.82, 2.24) is 0 Å². The highest BCUT2D eigenvalue weighted by atomic mass is 35.5. The molecule has 1 aliphatic heterocycles. The van der Waals surface area contributed by atoms with Gasteiger partial charge in [0.25, 0.3) is 0 Å². The second kappa shape index (κ2) is 11.6. The number of carbonyl (C=O) groups is 1. The lowest BCUT2D eigenvalue weighted by Gasteiger charge is -2.23. The molecular weight excluding hydrogens is 345 g/mol. The largest absolute Gasteiger partial charge is 0.371 e. The number of nitrogens with two attached hydrogens (primary N) is 1. The van der Waals surface area contributed by atoms with Gasteiger partial charge < -0.3 is 16.0 Å². The van der Waals surface area contributed by atoms with E-state index in [1.807, 2.05) is 12.1 Å². The fraction of sp³-hybridized carbons (Fsp3) is 0.611. The summed E-state index contributed by atoms with van der Waals surface area (Å²) < 4.78 is 0. The van der Waals surface area contributed by atoms with Crippen LogP contribution in [0.2, 0.25) is 0 Å². The van der Waals surface area contributed by atoms with Gasteiger partial charge in [0, 0.05) is 24.5 Å². The second-order valence-electron chi connectivity index (χ2n) is 6.68. The van der Waals surface area contributed by atoms with Gasteiger partial charge in [-0.1, -0.05) is 32.8 Å². The Balaban J connectivity index is 0.00000264. The number of hydrogen-bond acceptors (Lipinski definition) is 3. The van der Waals surface area contributed by atoms with Crippen molar-refractivity contribution in [2.75, 3.05) is 23.3 Å². The van der Waals surface area contributed by atoms with Crippen LogP contribution in [0.1, 0.15) is 46.0 Å². The van der Waals surface area contributed by atoms with E-state index in [-0.39, 0.29) is 30.7 Å². The van der Waals surface area contributed by atoms with E-state index in [9.17, 15) is 4.79 Å².